The minimum atomic E-state index is -0.156. The molecule has 2 fully saturated rings. The van der Waals surface area contributed by atoms with Crippen LogP contribution in [0.25, 0.3) is 0 Å². The fourth-order valence-corrected chi connectivity index (χ4v) is 3.62. The summed E-state index contributed by atoms with van der Waals surface area (Å²) < 4.78 is 4.77. The lowest BCUT2D eigenvalue weighted by Crippen LogP contribution is -2.28. The largest absolute Gasteiger partial charge is 0.469 e. The van der Waals surface area contributed by atoms with Gasteiger partial charge < -0.3 is 9.84 Å². The Morgan fingerprint density at radius 2 is 1.50 bits per heavy atom. The third kappa shape index (κ3) is 4.05. The predicted octanol–water partition coefficient (Wildman–Crippen LogP) is 2.48. The van der Waals surface area contributed by atoms with Gasteiger partial charge in [0.25, 0.3) is 0 Å². The van der Waals surface area contributed by atoms with Gasteiger partial charge in [-0.25, -0.2) is 0 Å². The maximum absolute atomic E-state index is 12.3. The molecule has 0 atom stereocenters. The molecule has 0 aliphatic heterocycles. The van der Waals surface area contributed by atoms with Crippen molar-refractivity contribution in [2.75, 3.05) is 7.11 Å². The van der Waals surface area contributed by atoms with Gasteiger partial charge >= 0.3 is 5.97 Å². The highest BCUT2D eigenvalue weighted by atomic mass is 16.5. The molecule has 0 spiro atoms. The third-order valence-corrected chi connectivity index (χ3v) is 5.02. The number of Topliss-reactive ketones (excluding diaryl/α,β-unsaturated/α-hetero) is 1. The molecule has 20 heavy (non-hydrogen) atoms. The molecule has 2 aliphatic carbocycles. The van der Waals surface area contributed by atoms with Crippen molar-refractivity contribution >= 4 is 11.8 Å². The lowest BCUT2D eigenvalue weighted by atomic mass is 9.76. The van der Waals surface area contributed by atoms with Crippen molar-refractivity contribution in [1.29, 1.82) is 0 Å². The Morgan fingerprint density at radius 3 is 2.05 bits per heavy atom. The second-order valence-electron chi connectivity index (χ2n) is 6.42. The van der Waals surface area contributed by atoms with E-state index in [1.807, 2.05) is 0 Å². The third-order valence-electron chi connectivity index (χ3n) is 5.02. The minimum Gasteiger partial charge on any atom is -0.469 e. The second kappa shape index (κ2) is 7.21. The average molecular weight is 282 g/mol. The summed E-state index contributed by atoms with van der Waals surface area (Å²) in [6, 6.07) is 0. The molecule has 0 radical (unpaired) electrons. The van der Waals surface area contributed by atoms with Crippen molar-refractivity contribution in [3.05, 3.63) is 0 Å². The standard InChI is InChI=1S/C16H26O4/c1-20-16(19)13-6-4-12(5-7-13)15(18)10-11-2-8-14(17)9-3-11/h11-14,17H,2-10H2,1H3. The molecule has 2 aliphatic rings. The topological polar surface area (TPSA) is 63.6 Å². The zero-order valence-electron chi connectivity index (χ0n) is 12.3. The van der Waals surface area contributed by atoms with Crippen LogP contribution in [0.5, 0.6) is 0 Å². The zero-order valence-corrected chi connectivity index (χ0v) is 12.3. The predicted molar refractivity (Wildman–Crippen MR) is 75.1 cm³/mol. The molecule has 0 aromatic heterocycles. The van der Waals surface area contributed by atoms with Crippen LogP contribution in [0.15, 0.2) is 0 Å². The molecule has 4 nitrogen and oxygen atoms in total. The van der Waals surface area contributed by atoms with Gasteiger partial charge in [0, 0.05) is 12.3 Å². The van der Waals surface area contributed by atoms with E-state index in [1.54, 1.807) is 0 Å². The fraction of sp³-hybridized carbons (Fsp3) is 0.875. The summed E-state index contributed by atoms with van der Waals surface area (Å²) in [5.41, 5.74) is 0. The van der Waals surface area contributed by atoms with Crippen LogP contribution < -0.4 is 0 Å². The van der Waals surface area contributed by atoms with Crippen LogP contribution in [0, 0.1) is 17.8 Å². The van der Waals surface area contributed by atoms with E-state index in [4.69, 9.17) is 4.74 Å². The number of hydrogen-bond acceptors (Lipinski definition) is 4. The number of carbonyl (C=O) groups is 2. The molecule has 0 aromatic rings. The number of ketones is 1. The van der Waals surface area contributed by atoms with Crippen LogP contribution in [0.1, 0.15) is 57.8 Å². The summed E-state index contributed by atoms with van der Waals surface area (Å²) >= 11 is 0. The molecule has 0 unspecified atom stereocenters. The number of rotatable bonds is 4. The van der Waals surface area contributed by atoms with Crippen LogP contribution >= 0.6 is 0 Å². The molecule has 114 valence electrons. The summed E-state index contributed by atoms with van der Waals surface area (Å²) in [5, 5.41) is 9.49. The Balaban J connectivity index is 1.73. The number of carbonyl (C=O) groups excluding carboxylic acids is 2. The van der Waals surface area contributed by atoms with Gasteiger partial charge in [-0.05, 0) is 57.3 Å². The van der Waals surface area contributed by atoms with Crippen molar-refractivity contribution in [3.8, 4) is 0 Å². The summed E-state index contributed by atoms with van der Waals surface area (Å²) in [5.74, 6) is 0.840. The molecule has 1 N–H and O–H groups in total. The second-order valence-corrected chi connectivity index (χ2v) is 6.42. The van der Waals surface area contributed by atoms with Gasteiger partial charge in [0.1, 0.15) is 5.78 Å². The van der Waals surface area contributed by atoms with Crippen molar-refractivity contribution in [2.24, 2.45) is 17.8 Å². The van der Waals surface area contributed by atoms with Gasteiger partial charge in [0.2, 0.25) is 0 Å². The van der Waals surface area contributed by atoms with Crippen LogP contribution in [-0.4, -0.2) is 30.1 Å². The first-order valence-electron chi connectivity index (χ1n) is 7.88. The van der Waals surface area contributed by atoms with Gasteiger partial charge in [0.05, 0.1) is 19.1 Å². The van der Waals surface area contributed by atoms with Crippen LogP contribution in [0.2, 0.25) is 0 Å². The quantitative estimate of drug-likeness (QED) is 0.805. The molecule has 0 heterocycles. The molecule has 0 saturated heterocycles. The van der Waals surface area contributed by atoms with E-state index < -0.39 is 0 Å². The Morgan fingerprint density at radius 1 is 0.950 bits per heavy atom. The smallest absolute Gasteiger partial charge is 0.308 e. The summed E-state index contributed by atoms with van der Waals surface area (Å²) in [4.78, 5) is 23.8. The van der Waals surface area contributed by atoms with Crippen LogP contribution in [0.4, 0.5) is 0 Å². The van der Waals surface area contributed by atoms with Crippen LogP contribution in [0.3, 0.4) is 0 Å². The molecule has 0 aromatic carbocycles. The van der Waals surface area contributed by atoms with Crippen molar-refractivity contribution in [3.63, 3.8) is 0 Å². The highest BCUT2D eigenvalue weighted by Gasteiger charge is 2.31. The first-order chi connectivity index (χ1) is 9.60. The zero-order chi connectivity index (χ0) is 14.5. The van der Waals surface area contributed by atoms with Crippen LogP contribution in [-0.2, 0) is 14.3 Å². The highest BCUT2D eigenvalue weighted by Crippen LogP contribution is 2.33. The van der Waals surface area contributed by atoms with Gasteiger partial charge in [0.15, 0.2) is 0 Å². The molecule has 4 heteroatoms. The number of aliphatic hydroxyl groups excluding tert-OH is 1. The van der Waals surface area contributed by atoms with Crippen molar-refractivity contribution in [1.82, 2.24) is 0 Å². The monoisotopic (exact) mass is 282 g/mol. The molecule has 2 rings (SSSR count). The van der Waals surface area contributed by atoms with Gasteiger partial charge in [-0.3, -0.25) is 9.59 Å². The molecular weight excluding hydrogens is 256 g/mol. The Hall–Kier alpha value is -0.900. The number of hydrogen-bond donors (Lipinski definition) is 1. The average Bonchev–Trinajstić information content (AvgIpc) is 2.49. The van der Waals surface area contributed by atoms with E-state index in [9.17, 15) is 14.7 Å². The van der Waals surface area contributed by atoms with E-state index >= 15 is 0 Å². The van der Waals surface area contributed by atoms with E-state index in [2.05, 4.69) is 0 Å². The first-order valence-corrected chi connectivity index (χ1v) is 7.88. The van der Waals surface area contributed by atoms with E-state index in [-0.39, 0.29) is 23.9 Å². The SMILES string of the molecule is COC(=O)C1CCC(C(=O)CC2CCC(O)CC2)CC1. The lowest BCUT2D eigenvalue weighted by Gasteiger charge is -2.29. The maximum atomic E-state index is 12.3. The van der Waals surface area contributed by atoms with Gasteiger partial charge in [-0.1, -0.05) is 0 Å². The highest BCUT2D eigenvalue weighted by molar-refractivity contribution is 5.81. The van der Waals surface area contributed by atoms with Gasteiger partial charge in [-0.15, -0.1) is 0 Å². The molecule has 0 bridgehead atoms. The minimum absolute atomic E-state index is 0.00567. The van der Waals surface area contributed by atoms with Gasteiger partial charge in [-0.2, -0.15) is 0 Å². The summed E-state index contributed by atoms with van der Waals surface area (Å²) in [6.07, 6.45) is 7.37. The van der Waals surface area contributed by atoms with E-state index in [0.29, 0.717) is 18.1 Å². The number of aliphatic hydroxyl groups is 1. The van der Waals surface area contributed by atoms with Crippen molar-refractivity contribution in [2.45, 2.75) is 63.9 Å². The Kier molecular flexibility index (Phi) is 5.58. The Labute approximate surface area is 120 Å². The van der Waals surface area contributed by atoms with E-state index in [1.165, 1.54) is 7.11 Å². The first kappa shape index (κ1) is 15.5. The molecule has 2 saturated carbocycles. The summed E-state index contributed by atoms with van der Waals surface area (Å²) in [7, 11) is 1.43. The number of esters is 1. The lowest BCUT2D eigenvalue weighted by molar-refractivity contribution is -0.147. The molecule has 0 amide bonds. The summed E-state index contributed by atoms with van der Waals surface area (Å²) in [6.45, 7) is 0. The number of ether oxygens (including phenoxy) is 1. The van der Waals surface area contributed by atoms with Crippen molar-refractivity contribution < 1.29 is 19.4 Å². The normalized spacial score (nSPS) is 34.5. The molecular formula is C16H26O4. The number of methoxy groups -OCH3 is 1. The maximum Gasteiger partial charge on any atom is 0.308 e. The van der Waals surface area contributed by atoms with E-state index in [0.717, 1.165) is 51.4 Å². The fourth-order valence-electron chi connectivity index (χ4n) is 3.62. The Bertz CT molecular complexity index is 336.